The molecule has 16 heteroatoms. The second-order valence-corrected chi connectivity index (χ2v) is 16.0. The number of ketones is 1. The van der Waals surface area contributed by atoms with Crippen LogP contribution in [-0.4, -0.2) is 101 Å². The van der Waals surface area contributed by atoms with E-state index in [9.17, 15) is 43.5 Å². The zero-order valence-electron chi connectivity index (χ0n) is 32.3. The highest BCUT2D eigenvalue weighted by Crippen LogP contribution is 2.69. The predicted octanol–water partition coefficient (Wildman–Crippen LogP) is 2.44. The number of carbonyl (C=O) groups is 8. The van der Waals surface area contributed by atoms with Gasteiger partial charge in [-0.1, -0.05) is 32.0 Å². The first kappa shape index (κ1) is 41.3. The Bertz CT molecular complexity index is 1770. The second-order valence-electron chi connectivity index (χ2n) is 16.0. The zero-order chi connectivity index (χ0) is 41.0. The van der Waals surface area contributed by atoms with E-state index in [1.807, 2.05) is 0 Å². The van der Waals surface area contributed by atoms with Gasteiger partial charge in [0.25, 0.3) is 0 Å². The second kappa shape index (κ2) is 14.7. The van der Waals surface area contributed by atoms with Crippen molar-refractivity contribution in [1.29, 1.82) is 0 Å². The van der Waals surface area contributed by atoms with Crippen LogP contribution in [0.25, 0.3) is 0 Å². The van der Waals surface area contributed by atoms with Crippen LogP contribution >= 0.6 is 0 Å². The molecular formula is C39H48O16. The summed E-state index contributed by atoms with van der Waals surface area (Å²) in [4.78, 5) is 106. The standard InChI is InChI=1S/C39H48O16/c1-18-15-38(48)28(29(18)54-33(47)24-13-11-10-12-14-24)32(53-26(45)17-49-19(2)40)39(55-23(6)44)16-25-27(31(50-20(3)41)36(7,8)30(25)46)37(9,34(38)51-21(4)42)35(39)52-22(5)43/h10-14,18,25,27-29,31-32,34-35,48H,15-17H2,1-9H3/t18-,25+,27+,28+,29-,31-,32+,34+,35?,37?,38+,39?/m0/s1. The maximum atomic E-state index is 14.6. The summed E-state index contributed by atoms with van der Waals surface area (Å²) in [5.41, 5.74) is -8.05. The molecule has 0 heterocycles. The summed E-state index contributed by atoms with van der Waals surface area (Å²) in [6.07, 6.45) is -9.00. The summed E-state index contributed by atoms with van der Waals surface area (Å²) in [6.45, 7) is 10.6. The molecule has 2 bridgehead atoms. The van der Waals surface area contributed by atoms with E-state index >= 15 is 0 Å². The summed E-state index contributed by atoms with van der Waals surface area (Å²) in [7, 11) is 0. The van der Waals surface area contributed by atoms with Crippen molar-refractivity contribution < 1.29 is 76.6 Å². The molecule has 1 N–H and O–H groups in total. The Morgan fingerprint density at radius 3 is 1.84 bits per heavy atom. The summed E-state index contributed by atoms with van der Waals surface area (Å²) < 4.78 is 41.5. The van der Waals surface area contributed by atoms with Crippen LogP contribution in [0.5, 0.6) is 0 Å². The number of esters is 7. The zero-order valence-corrected chi connectivity index (χ0v) is 32.3. The number of aliphatic hydroxyl groups is 1. The lowest BCUT2D eigenvalue weighted by molar-refractivity contribution is -0.276. The third-order valence-corrected chi connectivity index (χ3v) is 11.8. The fraction of sp³-hybridized carbons (Fsp3) is 0.641. The van der Waals surface area contributed by atoms with Crippen molar-refractivity contribution in [2.75, 3.05) is 6.61 Å². The van der Waals surface area contributed by atoms with E-state index in [-0.39, 0.29) is 12.0 Å². The van der Waals surface area contributed by atoms with Gasteiger partial charge in [-0.05, 0) is 38.3 Å². The van der Waals surface area contributed by atoms with Gasteiger partial charge in [0.1, 0.15) is 29.7 Å². The molecule has 12 atom stereocenters. The van der Waals surface area contributed by atoms with Crippen molar-refractivity contribution in [3.05, 3.63) is 35.9 Å². The minimum atomic E-state index is -2.38. The van der Waals surface area contributed by atoms with Gasteiger partial charge in [-0.15, -0.1) is 0 Å². The highest BCUT2D eigenvalue weighted by molar-refractivity contribution is 5.91. The number of carbonyl (C=O) groups excluding carboxylic acids is 8. The van der Waals surface area contributed by atoms with Crippen LogP contribution in [-0.2, 0) is 66.7 Å². The van der Waals surface area contributed by atoms with E-state index in [1.165, 1.54) is 19.1 Å². The lowest BCUT2D eigenvalue weighted by Gasteiger charge is -2.58. The normalized spacial score (nSPS) is 36.8. The third kappa shape index (κ3) is 6.97. The molecule has 0 amide bonds. The summed E-state index contributed by atoms with van der Waals surface area (Å²) in [5.74, 6) is -11.8. The average molecular weight is 773 g/mol. The van der Waals surface area contributed by atoms with Crippen LogP contribution < -0.4 is 0 Å². The molecule has 4 fully saturated rings. The van der Waals surface area contributed by atoms with Gasteiger partial charge in [-0.2, -0.15) is 0 Å². The number of ether oxygens (including phenoxy) is 7. The van der Waals surface area contributed by atoms with Crippen molar-refractivity contribution in [2.24, 2.45) is 34.5 Å². The topological polar surface area (TPSA) is 221 Å². The monoisotopic (exact) mass is 772 g/mol. The van der Waals surface area contributed by atoms with E-state index < -0.39 is 137 Å². The molecule has 4 aliphatic carbocycles. The van der Waals surface area contributed by atoms with E-state index in [2.05, 4.69) is 0 Å². The largest absolute Gasteiger partial charge is 0.461 e. The van der Waals surface area contributed by atoms with Crippen molar-refractivity contribution >= 4 is 47.6 Å². The molecule has 300 valence electrons. The van der Waals surface area contributed by atoms with Gasteiger partial charge < -0.3 is 38.3 Å². The Morgan fingerprint density at radius 2 is 1.29 bits per heavy atom. The van der Waals surface area contributed by atoms with Crippen LogP contribution in [0.4, 0.5) is 0 Å². The van der Waals surface area contributed by atoms with Crippen molar-refractivity contribution in [2.45, 2.75) is 117 Å². The molecule has 4 aliphatic rings. The summed E-state index contributed by atoms with van der Waals surface area (Å²) in [5, 5.41) is 13.4. The first-order valence-electron chi connectivity index (χ1n) is 18.1. The van der Waals surface area contributed by atoms with Crippen LogP contribution in [0.3, 0.4) is 0 Å². The molecule has 0 saturated heterocycles. The van der Waals surface area contributed by atoms with Crippen LogP contribution in [0.15, 0.2) is 30.3 Å². The lowest BCUT2D eigenvalue weighted by atomic mass is 9.53. The quantitative estimate of drug-likeness (QED) is 0.281. The molecule has 55 heavy (non-hydrogen) atoms. The molecule has 0 spiro atoms. The van der Waals surface area contributed by atoms with E-state index in [4.69, 9.17) is 33.2 Å². The SMILES string of the molecule is CC(=O)OCC(=O)O[C@@H]1[C@H]2[C@@H](OC(=O)c3ccccc3)[C@@H](C)C[C@]2(O)[C@H](OC(C)=O)C2(C)C(OC(C)=O)C1(OC(C)=O)C[C@H]1C(=O)C(C)(C)[C@@H](OC(C)=O)[C@@H]12. The van der Waals surface area contributed by atoms with E-state index in [0.717, 1.165) is 34.6 Å². The fourth-order valence-electron chi connectivity index (χ4n) is 10.2. The molecule has 5 rings (SSSR count). The third-order valence-electron chi connectivity index (χ3n) is 11.8. The summed E-state index contributed by atoms with van der Waals surface area (Å²) >= 11 is 0. The van der Waals surface area contributed by atoms with E-state index in [0.29, 0.717) is 0 Å². The molecule has 4 saturated carbocycles. The van der Waals surface area contributed by atoms with Gasteiger partial charge in [0.2, 0.25) is 0 Å². The summed E-state index contributed by atoms with van der Waals surface area (Å²) in [6, 6.07) is 7.88. The van der Waals surface area contributed by atoms with Crippen LogP contribution in [0, 0.1) is 34.5 Å². The van der Waals surface area contributed by atoms with Crippen LogP contribution in [0.1, 0.15) is 85.5 Å². The minimum absolute atomic E-state index is 0.128. The number of fused-ring (bicyclic) bond motifs is 5. The van der Waals surface area contributed by atoms with Gasteiger partial charge in [-0.25, -0.2) is 9.59 Å². The minimum Gasteiger partial charge on any atom is -0.461 e. The van der Waals surface area contributed by atoms with Crippen molar-refractivity contribution in [1.82, 2.24) is 0 Å². The Morgan fingerprint density at radius 1 is 0.709 bits per heavy atom. The molecule has 3 unspecified atom stereocenters. The smallest absolute Gasteiger partial charge is 0.344 e. The number of rotatable bonds is 9. The highest BCUT2D eigenvalue weighted by atomic mass is 16.6. The number of benzene rings is 1. The Balaban J connectivity index is 1.90. The van der Waals surface area contributed by atoms with E-state index in [1.54, 1.807) is 39.0 Å². The lowest BCUT2D eigenvalue weighted by Crippen LogP contribution is -2.72. The van der Waals surface area contributed by atoms with Gasteiger partial charge in [0.05, 0.1) is 22.3 Å². The van der Waals surface area contributed by atoms with Gasteiger partial charge >= 0.3 is 41.8 Å². The highest BCUT2D eigenvalue weighted by Gasteiger charge is 2.84. The number of Topliss-reactive ketones (excluding diaryl/α,β-unsaturated/α-hetero) is 1. The average Bonchev–Trinajstić information content (AvgIpc) is 3.42. The molecule has 1 aromatic rings. The molecular weight excluding hydrogens is 724 g/mol. The van der Waals surface area contributed by atoms with Gasteiger partial charge in [-0.3, -0.25) is 28.8 Å². The van der Waals surface area contributed by atoms with Crippen LogP contribution in [0.2, 0.25) is 0 Å². The van der Waals surface area contributed by atoms with Gasteiger partial charge in [0, 0.05) is 52.9 Å². The van der Waals surface area contributed by atoms with Gasteiger partial charge in [0.15, 0.2) is 24.4 Å². The number of hydrogen-bond acceptors (Lipinski definition) is 16. The Hall–Kier alpha value is -4.86. The van der Waals surface area contributed by atoms with Crippen molar-refractivity contribution in [3.8, 4) is 0 Å². The first-order chi connectivity index (χ1) is 25.5. The predicted molar refractivity (Wildman–Crippen MR) is 184 cm³/mol. The molecule has 1 aromatic carbocycles. The molecule has 0 aromatic heterocycles. The molecule has 16 nitrogen and oxygen atoms in total. The maximum Gasteiger partial charge on any atom is 0.344 e. The number of hydrogen-bond donors (Lipinski definition) is 1. The Labute approximate surface area is 317 Å². The van der Waals surface area contributed by atoms with Crippen molar-refractivity contribution in [3.63, 3.8) is 0 Å². The first-order valence-corrected chi connectivity index (χ1v) is 18.1. The molecule has 0 radical (unpaired) electrons. The fourth-order valence-corrected chi connectivity index (χ4v) is 10.2. The Kier molecular flexibility index (Phi) is 11.0. The maximum absolute atomic E-state index is 14.6. The molecule has 0 aliphatic heterocycles.